The highest BCUT2D eigenvalue weighted by Gasteiger charge is 2.19. The molecule has 0 heterocycles. The van der Waals surface area contributed by atoms with Crippen LogP contribution in [-0.4, -0.2) is 11.9 Å². The van der Waals surface area contributed by atoms with Crippen molar-refractivity contribution in [3.63, 3.8) is 0 Å². The van der Waals surface area contributed by atoms with E-state index in [1.807, 2.05) is 11.8 Å². The zero-order valence-electron chi connectivity index (χ0n) is 10.4. The Morgan fingerprint density at radius 3 is 2.31 bits per heavy atom. The molecule has 0 saturated heterocycles. The lowest BCUT2D eigenvalue weighted by atomic mass is 9.87. The predicted octanol–water partition coefficient (Wildman–Crippen LogP) is 3.79. The van der Waals surface area contributed by atoms with Crippen molar-refractivity contribution in [1.82, 2.24) is 5.32 Å². The van der Waals surface area contributed by atoms with Crippen LogP contribution >= 0.6 is 11.8 Å². The van der Waals surface area contributed by atoms with E-state index in [1.165, 1.54) is 23.3 Å². The number of nitrogens with one attached hydrogen (secondary N) is 1. The molecule has 1 fully saturated rings. The molecule has 0 amide bonds. The fraction of sp³-hybridized carbons (Fsp3) is 0.571. The van der Waals surface area contributed by atoms with Gasteiger partial charge in [0.05, 0.1) is 0 Å². The molecule has 0 spiro atoms. The second-order valence-electron chi connectivity index (χ2n) is 5.54. The van der Waals surface area contributed by atoms with Crippen LogP contribution in [0.2, 0.25) is 0 Å². The average molecular weight is 235 g/mol. The van der Waals surface area contributed by atoms with Crippen LogP contribution in [0, 0.1) is 0 Å². The van der Waals surface area contributed by atoms with Crippen LogP contribution in [-0.2, 0) is 5.41 Å². The molecule has 0 bridgehead atoms. The van der Waals surface area contributed by atoms with Gasteiger partial charge in [0.25, 0.3) is 0 Å². The molecule has 1 nitrogen and oxygen atoms in total. The topological polar surface area (TPSA) is 12.0 Å². The molecule has 0 aliphatic heterocycles. The summed E-state index contributed by atoms with van der Waals surface area (Å²) in [5, 5.41) is 3.51. The first-order chi connectivity index (χ1) is 7.55. The predicted molar refractivity (Wildman–Crippen MR) is 72.0 cm³/mol. The fourth-order valence-corrected chi connectivity index (χ4v) is 2.40. The van der Waals surface area contributed by atoms with E-state index in [0.29, 0.717) is 0 Å². The lowest BCUT2D eigenvalue weighted by molar-refractivity contribution is 0.590. The van der Waals surface area contributed by atoms with E-state index >= 15 is 0 Å². The third-order valence-corrected chi connectivity index (χ3v) is 3.83. The number of rotatable bonds is 4. The summed E-state index contributed by atoms with van der Waals surface area (Å²) in [6.45, 7) is 6.76. The van der Waals surface area contributed by atoms with Crippen LogP contribution < -0.4 is 5.32 Å². The molecule has 1 aromatic carbocycles. The van der Waals surface area contributed by atoms with E-state index in [1.54, 1.807) is 0 Å². The Kier molecular flexibility index (Phi) is 3.60. The second-order valence-corrected chi connectivity index (χ2v) is 6.59. The summed E-state index contributed by atoms with van der Waals surface area (Å²) < 4.78 is 0. The summed E-state index contributed by atoms with van der Waals surface area (Å²) in [7, 11) is 0. The maximum absolute atomic E-state index is 3.51. The lowest BCUT2D eigenvalue weighted by Crippen LogP contribution is -2.14. The highest BCUT2D eigenvalue weighted by Crippen LogP contribution is 2.26. The van der Waals surface area contributed by atoms with E-state index in [9.17, 15) is 0 Å². The zero-order valence-corrected chi connectivity index (χ0v) is 11.2. The highest BCUT2D eigenvalue weighted by atomic mass is 32.2. The molecule has 1 aromatic rings. The smallest absolute Gasteiger partial charge is 0.0467 e. The van der Waals surface area contributed by atoms with Gasteiger partial charge < -0.3 is 5.32 Å². The highest BCUT2D eigenvalue weighted by molar-refractivity contribution is 7.99. The maximum atomic E-state index is 3.51. The van der Waals surface area contributed by atoms with Crippen molar-refractivity contribution in [2.75, 3.05) is 5.88 Å². The quantitative estimate of drug-likeness (QED) is 0.629. The van der Waals surface area contributed by atoms with E-state index in [4.69, 9.17) is 0 Å². The first-order valence-electron chi connectivity index (χ1n) is 6.02. The SMILES string of the molecule is CC(C)(C)c1ccc(SCNC2CC2)cc1. The standard InChI is InChI=1S/C14H21NS/c1-14(2,3)11-4-8-13(9-5-11)16-10-15-12-6-7-12/h4-5,8-9,12,15H,6-7,10H2,1-3H3. The van der Waals surface area contributed by atoms with Crippen LogP contribution in [0.15, 0.2) is 29.2 Å². The van der Waals surface area contributed by atoms with E-state index in [0.717, 1.165) is 11.9 Å². The van der Waals surface area contributed by atoms with Crippen molar-refractivity contribution in [3.8, 4) is 0 Å². The zero-order chi connectivity index (χ0) is 11.6. The van der Waals surface area contributed by atoms with Gasteiger partial charge in [-0.15, -0.1) is 11.8 Å². The van der Waals surface area contributed by atoms with Crippen molar-refractivity contribution < 1.29 is 0 Å². The monoisotopic (exact) mass is 235 g/mol. The van der Waals surface area contributed by atoms with Gasteiger partial charge in [-0.1, -0.05) is 32.9 Å². The molecule has 1 aliphatic rings. The molecule has 1 saturated carbocycles. The van der Waals surface area contributed by atoms with Crippen LogP contribution in [0.1, 0.15) is 39.2 Å². The van der Waals surface area contributed by atoms with E-state index in [2.05, 4.69) is 50.4 Å². The minimum atomic E-state index is 0.259. The van der Waals surface area contributed by atoms with Gasteiger partial charge >= 0.3 is 0 Å². The molecular weight excluding hydrogens is 214 g/mol. The lowest BCUT2D eigenvalue weighted by Gasteiger charge is -2.19. The molecule has 1 aliphatic carbocycles. The minimum Gasteiger partial charge on any atom is -0.305 e. The maximum Gasteiger partial charge on any atom is 0.0467 e. The van der Waals surface area contributed by atoms with Crippen molar-refractivity contribution in [2.45, 2.75) is 50.0 Å². The normalized spacial score (nSPS) is 16.4. The molecule has 1 N–H and O–H groups in total. The van der Waals surface area contributed by atoms with Gasteiger partial charge in [0.2, 0.25) is 0 Å². The molecule has 16 heavy (non-hydrogen) atoms. The van der Waals surface area contributed by atoms with Crippen molar-refractivity contribution in [2.24, 2.45) is 0 Å². The largest absolute Gasteiger partial charge is 0.305 e. The Morgan fingerprint density at radius 2 is 1.81 bits per heavy atom. The van der Waals surface area contributed by atoms with Crippen LogP contribution in [0.3, 0.4) is 0 Å². The summed E-state index contributed by atoms with van der Waals surface area (Å²) in [6, 6.07) is 9.78. The molecule has 0 aromatic heterocycles. The number of hydrogen-bond acceptors (Lipinski definition) is 2. The molecule has 0 radical (unpaired) electrons. The van der Waals surface area contributed by atoms with Gasteiger partial charge in [-0.2, -0.15) is 0 Å². The van der Waals surface area contributed by atoms with Gasteiger partial charge in [0, 0.05) is 16.8 Å². The van der Waals surface area contributed by atoms with Crippen LogP contribution in [0.25, 0.3) is 0 Å². The Morgan fingerprint density at radius 1 is 1.19 bits per heavy atom. The van der Waals surface area contributed by atoms with Crippen molar-refractivity contribution in [3.05, 3.63) is 29.8 Å². The fourth-order valence-electron chi connectivity index (χ4n) is 1.58. The van der Waals surface area contributed by atoms with Gasteiger partial charge in [0.1, 0.15) is 0 Å². The Labute approximate surface area is 103 Å². The van der Waals surface area contributed by atoms with E-state index in [-0.39, 0.29) is 5.41 Å². The molecule has 2 heteroatoms. The summed E-state index contributed by atoms with van der Waals surface area (Å²) in [4.78, 5) is 1.36. The van der Waals surface area contributed by atoms with Gasteiger partial charge in [-0.25, -0.2) is 0 Å². The summed E-state index contributed by atoms with van der Waals surface area (Å²) in [5.41, 5.74) is 1.67. The van der Waals surface area contributed by atoms with Crippen molar-refractivity contribution in [1.29, 1.82) is 0 Å². The molecule has 0 unspecified atom stereocenters. The summed E-state index contributed by atoms with van der Waals surface area (Å²) in [5.74, 6) is 1.04. The summed E-state index contributed by atoms with van der Waals surface area (Å²) in [6.07, 6.45) is 2.73. The van der Waals surface area contributed by atoms with Crippen molar-refractivity contribution >= 4 is 11.8 Å². The van der Waals surface area contributed by atoms with Gasteiger partial charge in [-0.3, -0.25) is 0 Å². The first kappa shape index (κ1) is 12.0. The molecule has 88 valence electrons. The minimum absolute atomic E-state index is 0.259. The van der Waals surface area contributed by atoms with E-state index < -0.39 is 0 Å². The molecule has 0 atom stereocenters. The molecular formula is C14H21NS. The van der Waals surface area contributed by atoms with Gasteiger partial charge in [-0.05, 0) is 36.0 Å². The first-order valence-corrected chi connectivity index (χ1v) is 7.01. The average Bonchev–Trinajstić information content (AvgIpc) is 3.01. The van der Waals surface area contributed by atoms with Crippen LogP contribution in [0.5, 0.6) is 0 Å². The summed E-state index contributed by atoms with van der Waals surface area (Å²) >= 11 is 1.90. The third-order valence-electron chi connectivity index (χ3n) is 2.91. The molecule has 2 rings (SSSR count). The Hall–Kier alpha value is -0.470. The number of hydrogen-bond donors (Lipinski definition) is 1. The van der Waals surface area contributed by atoms with Gasteiger partial charge in [0.15, 0.2) is 0 Å². The third kappa shape index (κ3) is 3.53. The van der Waals surface area contributed by atoms with Crippen LogP contribution in [0.4, 0.5) is 0 Å². The Bertz CT molecular complexity index is 333. The number of benzene rings is 1. The second kappa shape index (κ2) is 4.80. The Balaban J connectivity index is 1.85. The number of thioether (sulfide) groups is 1.